The number of nitro benzene ring substituents is 1. The van der Waals surface area contributed by atoms with Crippen molar-refractivity contribution in [3.63, 3.8) is 0 Å². The number of hydrogen-bond donors (Lipinski definition) is 0. The van der Waals surface area contributed by atoms with Crippen molar-refractivity contribution in [3.05, 3.63) is 103 Å². The number of esters is 1. The first kappa shape index (κ1) is 24.3. The number of halogens is 2. The molecule has 0 saturated heterocycles. The van der Waals surface area contributed by atoms with E-state index in [2.05, 4.69) is 4.99 Å². The summed E-state index contributed by atoms with van der Waals surface area (Å²) in [4.78, 5) is 27.1. The van der Waals surface area contributed by atoms with Crippen molar-refractivity contribution in [1.82, 2.24) is 0 Å². The van der Waals surface area contributed by atoms with Crippen molar-refractivity contribution < 1.29 is 23.9 Å². The number of benzene rings is 3. The Labute approximate surface area is 210 Å². The summed E-state index contributed by atoms with van der Waals surface area (Å²) in [5, 5.41) is 11.4. The molecule has 1 aliphatic heterocycles. The van der Waals surface area contributed by atoms with Crippen LogP contribution in [0.25, 0.3) is 6.08 Å². The lowest BCUT2D eigenvalue weighted by molar-refractivity contribution is -0.384. The van der Waals surface area contributed by atoms with Crippen LogP contribution in [0.4, 0.5) is 5.69 Å². The number of nitrogens with zero attached hydrogens (tertiary/aromatic N) is 2. The van der Waals surface area contributed by atoms with Gasteiger partial charge in [0, 0.05) is 11.6 Å². The molecule has 0 spiro atoms. The van der Waals surface area contributed by atoms with E-state index in [9.17, 15) is 14.9 Å². The highest BCUT2D eigenvalue weighted by molar-refractivity contribution is 6.33. The van der Waals surface area contributed by atoms with Crippen molar-refractivity contribution in [1.29, 1.82) is 0 Å². The molecule has 3 aromatic rings. The molecule has 0 fully saturated rings. The van der Waals surface area contributed by atoms with E-state index in [1.807, 2.05) is 31.2 Å². The summed E-state index contributed by atoms with van der Waals surface area (Å²) in [5.41, 5.74) is 2.55. The Morgan fingerprint density at radius 3 is 2.51 bits per heavy atom. The Bertz CT molecular complexity index is 1380. The number of carbonyl (C=O) groups excluding carboxylic acids is 1. The zero-order valence-corrected chi connectivity index (χ0v) is 20.1. The summed E-state index contributed by atoms with van der Waals surface area (Å²) in [7, 11) is 1.48. The van der Waals surface area contributed by atoms with Gasteiger partial charge in [-0.15, -0.1) is 0 Å². The highest BCUT2D eigenvalue weighted by Gasteiger charge is 2.26. The lowest BCUT2D eigenvalue weighted by Gasteiger charge is -2.13. The summed E-state index contributed by atoms with van der Waals surface area (Å²) < 4.78 is 16.5. The number of nitro groups is 1. The Hall–Kier alpha value is -3.88. The lowest BCUT2D eigenvalue weighted by atomic mass is 10.1. The third-order valence-corrected chi connectivity index (χ3v) is 5.67. The highest BCUT2D eigenvalue weighted by atomic mass is 35.5. The van der Waals surface area contributed by atoms with E-state index >= 15 is 0 Å². The molecule has 1 heterocycles. The fourth-order valence-corrected chi connectivity index (χ4v) is 3.74. The number of ether oxygens (including phenoxy) is 3. The van der Waals surface area contributed by atoms with Gasteiger partial charge in [0.15, 0.2) is 17.2 Å². The number of methoxy groups -OCH3 is 1. The SMILES string of the molecule is COc1cc(C=C2N=C(c3ccc(Cl)c([N+](=O)[O-])c3)OC2=O)cc(Cl)c1OCc1ccc(C)cc1. The molecule has 0 aromatic heterocycles. The molecule has 8 nitrogen and oxygen atoms in total. The van der Waals surface area contributed by atoms with E-state index in [1.165, 1.54) is 31.4 Å². The lowest BCUT2D eigenvalue weighted by Crippen LogP contribution is -2.06. The summed E-state index contributed by atoms with van der Waals surface area (Å²) in [6.45, 7) is 2.30. The minimum Gasteiger partial charge on any atom is -0.493 e. The number of aliphatic imine (C=N–C) groups is 1. The van der Waals surface area contributed by atoms with Gasteiger partial charge in [0.1, 0.15) is 11.6 Å². The molecule has 10 heteroatoms. The molecule has 0 radical (unpaired) electrons. The quantitative estimate of drug-likeness (QED) is 0.163. The Kier molecular flexibility index (Phi) is 7.04. The van der Waals surface area contributed by atoms with Crippen LogP contribution in [0.3, 0.4) is 0 Å². The average Bonchev–Trinajstić information content (AvgIpc) is 3.19. The zero-order valence-electron chi connectivity index (χ0n) is 18.6. The Morgan fingerprint density at radius 2 is 1.83 bits per heavy atom. The molecule has 4 rings (SSSR count). The number of cyclic esters (lactones) is 1. The molecule has 3 aromatic carbocycles. The van der Waals surface area contributed by atoms with Crippen molar-refractivity contribution in [2.45, 2.75) is 13.5 Å². The van der Waals surface area contributed by atoms with E-state index in [0.717, 1.165) is 11.1 Å². The maximum Gasteiger partial charge on any atom is 0.363 e. The molecule has 0 N–H and O–H groups in total. The summed E-state index contributed by atoms with van der Waals surface area (Å²) >= 11 is 12.3. The van der Waals surface area contributed by atoms with E-state index < -0.39 is 10.9 Å². The number of carbonyl (C=O) groups is 1. The van der Waals surface area contributed by atoms with Crippen LogP contribution in [0.1, 0.15) is 22.3 Å². The second kappa shape index (κ2) is 10.2. The van der Waals surface area contributed by atoms with Gasteiger partial charge >= 0.3 is 5.97 Å². The minimum absolute atomic E-state index is 0.0101. The van der Waals surface area contributed by atoms with Crippen LogP contribution in [0.15, 0.2) is 65.3 Å². The molecule has 1 aliphatic rings. The molecule has 0 atom stereocenters. The third kappa shape index (κ3) is 5.45. The van der Waals surface area contributed by atoms with Crippen LogP contribution in [0, 0.1) is 17.0 Å². The minimum atomic E-state index is -0.715. The Morgan fingerprint density at radius 1 is 1.09 bits per heavy atom. The monoisotopic (exact) mass is 512 g/mol. The van der Waals surface area contributed by atoms with E-state index in [0.29, 0.717) is 23.7 Å². The number of hydrogen-bond acceptors (Lipinski definition) is 7. The van der Waals surface area contributed by atoms with Gasteiger partial charge in [-0.2, -0.15) is 0 Å². The fraction of sp³-hybridized carbons (Fsp3) is 0.120. The predicted molar refractivity (Wildman–Crippen MR) is 132 cm³/mol. The van der Waals surface area contributed by atoms with Gasteiger partial charge < -0.3 is 14.2 Å². The van der Waals surface area contributed by atoms with Crippen molar-refractivity contribution >= 4 is 46.8 Å². The topological polar surface area (TPSA) is 100 Å². The zero-order chi connectivity index (χ0) is 25.1. The standard InChI is InChI=1S/C25H18Cl2N2O6/c1-14-3-5-15(6-4-14)13-34-23-19(27)9-16(11-22(23)33-2)10-20-25(30)35-24(28-20)17-7-8-18(26)21(12-17)29(31)32/h3-12H,13H2,1-2H3. The maximum absolute atomic E-state index is 12.4. The molecule has 0 aliphatic carbocycles. The van der Waals surface area contributed by atoms with Crippen LogP contribution < -0.4 is 9.47 Å². The molecule has 178 valence electrons. The summed E-state index contributed by atoms with van der Waals surface area (Å²) in [6, 6.07) is 15.2. The number of rotatable bonds is 7. The van der Waals surface area contributed by atoms with Crippen LogP contribution >= 0.6 is 23.2 Å². The van der Waals surface area contributed by atoms with Crippen molar-refractivity contribution in [2.75, 3.05) is 7.11 Å². The van der Waals surface area contributed by atoms with Crippen LogP contribution in [-0.2, 0) is 16.1 Å². The molecule has 35 heavy (non-hydrogen) atoms. The molecule has 0 unspecified atom stereocenters. The van der Waals surface area contributed by atoms with Gasteiger partial charge in [0.25, 0.3) is 5.69 Å². The predicted octanol–water partition coefficient (Wildman–Crippen LogP) is 6.14. The van der Waals surface area contributed by atoms with Gasteiger partial charge in [-0.25, -0.2) is 9.79 Å². The van der Waals surface area contributed by atoms with Crippen molar-refractivity contribution in [2.24, 2.45) is 4.99 Å². The second-order valence-electron chi connectivity index (χ2n) is 7.57. The fourth-order valence-electron chi connectivity index (χ4n) is 3.28. The van der Waals surface area contributed by atoms with Crippen LogP contribution in [0.2, 0.25) is 10.0 Å². The maximum atomic E-state index is 12.4. The third-order valence-electron chi connectivity index (χ3n) is 5.07. The molecular weight excluding hydrogens is 495 g/mol. The number of aryl methyl sites for hydroxylation is 1. The Balaban J connectivity index is 1.60. The van der Waals surface area contributed by atoms with Crippen LogP contribution in [0.5, 0.6) is 11.5 Å². The van der Waals surface area contributed by atoms with Gasteiger partial charge in [-0.1, -0.05) is 53.0 Å². The normalized spacial score (nSPS) is 14.0. The van der Waals surface area contributed by atoms with E-state index in [4.69, 9.17) is 37.4 Å². The molecular formula is C25H18Cl2N2O6. The molecule has 0 bridgehead atoms. The average molecular weight is 513 g/mol. The van der Waals surface area contributed by atoms with Crippen molar-refractivity contribution in [3.8, 4) is 11.5 Å². The largest absolute Gasteiger partial charge is 0.493 e. The smallest absolute Gasteiger partial charge is 0.363 e. The summed E-state index contributed by atoms with van der Waals surface area (Å²) in [6.07, 6.45) is 1.47. The molecule has 0 amide bonds. The van der Waals surface area contributed by atoms with Crippen LogP contribution in [-0.4, -0.2) is 23.9 Å². The van der Waals surface area contributed by atoms with E-state index in [1.54, 1.807) is 12.1 Å². The molecule has 0 saturated carbocycles. The first-order chi connectivity index (χ1) is 16.7. The second-order valence-corrected chi connectivity index (χ2v) is 8.38. The van der Waals surface area contributed by atoms with Gasteiger partial charge in [0.05, 0.1) is 17.1 Å². The van der Waals surface area contributed by atoms with E-state index in [-0.39, 0.29) is 32.9 Å². The van der Waals surface area contributed by atoms with Gasteiger partial charge in [-0.3, -0.25) is 10.1 Å². The first-order valence-corrected chi connectivity index (χ1v) is 11.0. The first-order valence-electron chi connectivity index (χ1n) is 10.3. The van der Waals surface area contributed by atoms with Gasteiger partial charge in [-0.05, 0) is 48.4 Å². The highest BCUT2D eigenvalue weighted by Crippen LogP contribution is 2.38. The summed E-state index contributed by atoms with van der Waals surface area (Å²) in [5.74, 6) is -0.0478. The van der Waals surface area contributed by atoms with Gasteiger partial charge in [0.2, 0.25) is 5.90 Å².